The molecule has 1 fully saturated rings. The highest BCUT2D eigenvalue weighted by Gasteiger charge is 2.32. The predicted octanol–water partition coefficient (Wildman–Crippen LogP) is 1.00. The van der Waals surface area contributed by atoms with E-state index in [1.165, 1.54) is 0 Å². The summed E-state index contributed by atoms with van der Waals surface area (Å²) < 4.78 is 0. The van der Waals surface area contributed by atoms with Crippen molar-refractivity contribution < 1.29 is 14.7 Å². The summed E-state index contributed by atoms with van der Waals surface area (Å²) in [5.74, 6) is -1.13. The van der Waals surface area contributed by atoms with E-state index in [9.17, 15) is 9.59 Å². The molecule has 1 aliphatic heterocycles. The van der Waals surface area contributed by atoms with Crippen LogP contribution in [0.5, 0.6) is 0 Å². The van der Waals surface area contributed by atoms with Gasteiger partial charge in [-0.05, 0) is 19.8 Å². The first kappa shape index (κ1) is 12.5. The van der Waals surface area contributed by atoms with Crippen LogP contribution in [0.4, 0.5) is 0 Å². The number of hydrogen-bond acceptors (Lipinski definition) is 3. The van der Waals surface area contributed by atoms with Gasteiger partial charge in [-0.2, -0.15) is 5.26 Å². The van der Waals surface area contributed by atoms with Crippen LogP contribution in [0.1, 0.15) is 32.6 Å². The van der Waals surface area contributed by atoms with Crippen LogP contribution >= 0.6 is 0 Å². The Morgan fingerprint density at radius 2 is 2.19 bits per heavy atom. The van der Waals surface area contributed by atoms with E-state index in [0.29, 0.717) is 13.1 Å². The molecule has 1 amide bonds. The molecular formula is C11H16N2O3. The van der Waals surface area contributed by atoms with Crippen LogP contribution in [0.15, 0.2) is 0 Å². The van der Waals surface area contributed by atoms with Crippen molar-refractivity contribution in [2.75, 3.05) is 13.1 Å². The molecule has 0 bridgehead atoms. The molecule has 0 saturated carbocycles. The zero-order valence-corrected chi connectivity index (χ0v) is 9.40. The van der Waals surface area contributed by atoms with Crippen LogP contribution in [0, 0.1) is 16.7 Å². The predicted molar refractivity (Wildman–Crippen MR) is 56.4 cm³/mol. The number of amides is 1. The summed E-state index contributed by atoms with van der Waals surface area (Å²) in [6, 6.07) is 2.22. The highest BCUT2D eigenvalue weighted by molar-refractivity contribution is 5.80. The number of nitrogens with zero attached hydrogens (tertiary/aromatic N) is 2. The monoisotopic (exact) mass is 224 g/mol. The molecule has 0 aromatic heterocycles. The quantitative estimate of drug-likeness (QED) is 0.775. The Morgan fingerprint density at radius 3 is 2.75 bits per heavy atom. The van der Waals surface area contributed by atoms with Crippen LogP contribution in [-0.2, 0) is 9.59 Å². The van der Waals surface area contributed by atoms with Crippen LogP contribution in [0.2, 0.25) is 0 Å². The highest BCUT2D eigenvalue weighted by Crippen LogP contribution is 2.28. The number of likely N-dealkylation sites (tertiary alicyclic amines) is 1. The number of carboxylic acids is 1. The fourth-order valence-corrected chi connectivity index (χ4v) is 1.92. The number of hydrogen-bond donors (Lipinski definition) is 1. The van der Waals surface area contributed by atoms with E-state index >= 15 is 0 Å². The smallest absolute Gasteiger partial charge is 0.303 e. The number of rotatable bonds is 3. The largest absolute Gasteiger partial charge is 0.481 e. The summed E-state index contributed by atoms with van der Waals surface area (Å²) in [7, 11) is 0. The van der Waals surface area contributed by atoms with Gasteiger partial charge in [-0.25, -0.2) is 0 Å². The van der Waals surface area contributed by atoms with Gasteiger partial charge >= 0.3 is 5.97 Å². The molecule has 0 aliphatic carbocycles. The van der Waals surface area contributed by atoms with Gasteiger partial charge in [0.05, 0.1) is 17.9 Å². The van der Waals surface area contributed by atoms with Gasteiger partial charge in [-0.1, -0.05) is 0 Å². The Bertz CT molecular complexity index is 335. The molecule has 5 heteroatoms. The number of nitriles is 1. The van der Waals surface area contributed by atoms with Gasteiger partial charge in [0, 0.05) is 19.5 Å². The molecule has 1 atom stereocenters. The molecule has 1 unspecified atom stereocenters. The molecule has 1 N–H and O–H groups in total. The number of aliphatic carboxylic acids is 1. The number of carboxylic acid groups (broad SMARTS) is 1. The van der Waals surface area contributed by atoms with Gasteiger partial charge in [0.2, 0.25) is 5.91 Å². The lowest BCUT2D eigenvalue weighted by Crippen LogP contribution is -2.44. The Hall–Kier alpha value is -1.57. The van der Waals surface area contributed by atoms with Gasteiger partial charge in [-0.3, -0.25) is 9.59 Å². The average Bonchev–Trinajstić information content (AvgIpc) is 2.26. The van der Waals surface area contributed by atoms with Gasteiger partial charge in [0.1, 0.15) is 0 Å². The van der Waals surface area contributed by atoms with Gasteiger partial charge in [-0.15, -0.1) is 0 Å². The highest BCUT2D eigenvalue weighted by atomic mass is 16.4. The summed E-state index contributed by atoms with van der Waals surface area (Å²) >= 11 is 0. The van der Waals surface area contributed by atoms with Gasteiger partial charge in [0.15, 0.2) is 0 Å². The minimum Gasteiger partial charge on any atom is -0.481 e. The van der Waals surface area contributed by atoms with Crippen molar-refractivity contribution in [3.8, 4) is 6.07 Å². The molecule has 16 heavy (non-hydrogen) atoms. The number of piperidine rings is 1. The first-order valence-electron chi connectivity index (χ1n) is 5.38. The third-order valence-corrected chi connectivity index (χ3v) is 2.87. The van der Waals surface area contributed by atoms with Crippen molar-refractivity contribution in [3.05, 3.63) is 0 Å². The summed E-state index contributed by atoms with van der Waals surface area (Å²) in [5, 5.41) is 17.5. The first-order valence-corrected chi connectivity index (χ1v) is 5.38. The molecule has 0 spiro atoms. The summed E-state index contributed by atoms with van der Waals surface area (Å²) in [5.41, 5.74) is -0.475. The standard InChI is InChI=1S/C11H16N2O3/c1-11(7-12)5-2-6-13(8-11)9(14)3-4-10(15)16/h2-6,8H2,1H3,(H,15,16). The van der Waals surface area contributed by atoms with Crippen molar-refractivity contribution >= 4 is 11.9 Å². The van der Waals surface area contributed by atoms with Crippen LogP contribution in [-0.4, -0.2) is 35.0 Å². The average molecular weight is 224 g/mol. The third-order valence-electron chi connectivity index (χ3n) is 2.87. The molecule has 1 aliphatic rings. The maximum atomic E-state index is 11.7. The van der Waals surface area contributed by atoms with E-state index in [1.807, 2.05) is 6.92 Å². The van der Waals surface area contributed by atoms with E-state index in [-0.39, 0.29) is 18.7 Å². The Labute approximate surface area is 94.7 Å². The fourth-order valence-electron chi connectivity index (χ4n) is 1.92. The minimum absolute atomic E-state index is 0.0246. The van der Waals surface area contributed by atoms with E-state index < -0.39 is 11.4 Å². The second-order valence-electron chi connectivity index (χ2n) is 4.49. The van der Waals surface area contributed by atoms with Crippen molar-refractivity contribution in [2.45, 2.75) is 32.6 Å². The molecule has 5 nitrogen and oxygen atoms in total. The first-order chi connectivity index (χ1) is 7.47. The van der Waals surface area contributed by atoms with E-state index in [0.717, 1.165) is 12.8 Å². The molecule has 1 saturated heterocycles. The maximum absolute atomic E-state index is 11.7. The molecule has 0 radical (unpaired) electrons. The molecular weight excluding hydrogens is 208 g/mol. The normalized spacial score (nSPS) is 24.9. The molecule has 88 valence electrons. The van der Waals surface area contributed by atoms with E-state index in [4.69, 9.17) is 10.4 Å². The van der Waals surface area contributed by atoms with Crippen molar-refractivity contribution in [3.63, 3.8) is 0 Å². The lowest BCUT2D eigenvalue weighted by Gasteiger charge is -2.35. The van der Waals surface area contributed by atoms with Crippen LogP contribution in [0.25, 0.3) is 0 Å². The van der Waals surface area contributed by atoms with Crippen LogP contribution < -0.4 is 0 Å². The number of carbonyl (C=O) groups is 2. The zero-order valence-electron chi connectivity index (χ0n) is 9.40. The fraction of sp³-hybridized carbons (Fsp3) is 0.727. The molecule has 1 heterocycles. The minimum atomic E-state index is -0.964. The Balaban J connectivity index is 2.51. The van der Waals surface area contributed by atoms with E-state index in [2.05, 4.69) is 6.07 Å². The van der Waals surface area contributed by atoms with Crippen LogP contribution in [0.3, 0.4) is 0 Å². The molecule has 0 aromatic carbocycles. The lowest BCUT2D eigenvalue weighted by molar-refractivity contribution is -0.141. The molecule has 0 aromatic rings. The van der Waals surface area contributed by atoms with Gasteiger partial charge < -0.3 is 10.0 Å². The van der Waals surface area contributed by atoms with Gasteiger partial charge in [0.25, 0.3) is 0 Å². The Kier molecular flexibility index (Phi) is 3.88. The molecule has 1 rings (SSSR count). The maximum Gasteiger partial charge on any atom is 0.303 e. The van der Waals surface area contributed by atoms with Crippen molar-refractivity contribution in [2.24, 2.45) is 5.41 Å². The third kappa shape index (κ3) is 3.23. The number of carbonyl (C=O) groups excluding carboxylic acids is 1. The van der Waals surface area contributed by atoms with Crippen molar-refractivity contribution in [1.29, 1.82) is 5.26 Å². The van der Waals surface area contributed by atoms with E-state index in [1.54, 1.807) is 4.90 Å². The van der Waals surface area contributed by atoms with Crippen molar-refractivity contribution in [1.82, 2.24) is 4.90 Å². The zero-order chi connectivity index (χ0) is 12.2. The SMILES string of the molecule is CC1(C#N)CCCN(C(=O)CCC(=O)O)C1. The summed E-state index contributed by atoms with van der Waals surface area (Å²) in [6.45, 7) is 2.89. The lowest BCUT2D eigenvalue weighted by atomic mass is 9.83. The summed E-state index contributed by atoms with van der Waals surface area (Å²) in [4.78, 5) is 23.6. The second kappa shape index (κ2) is 4.97. The summed E-state index contributed by atoms with van der Waals surface area (Å²) in [6.07, 6.45) is 1.49. The topological polar surface area (TPSA) is 81.4 Å². The Morgan fingerprint density at radius 1 is 1.50 bits per heavy atom. The second-order valence-corrected chi connectivity index (χ2v) is 4.49.